The van der Waals surface area contributed by atoms with E-state index in [2.05, 4.69) is 70.5 Å². The van der Waals surface area contributed by atoms with Gasteiger partial charge in [-0.1, -0.05) is 20.8 Å². The summed E-state index contributed by atoms with van der Waals surface area (Å²) in [7, 11) is 0. The van der Waals surface area contributed by atoms with Gasteiger partial charge in [-0.3, -0.25) is 0 Å². The lowest BCUT2D eigenvalue weighted by Gasteiger charge is -2.32. The van der Waals surface area contributed by atoms with Crippen molar-refractivity contribution in [2.24, 2.45) is 11.8 Å². The second-order valence-corrected chi connectivity index (χ2v) is 7.72. The minimum atomic E-state index is 0.624. The van der Waals surface area contributed by atoms with E-state index in [1.807, 2.05) is 6.07 Å². The van der Waals surface area contributed by atoms with Crippen LogP contribution in [0.15, 0.2) is 36.5 Å². The zero-order valence-corrected chi connectivity index (χ0v) is 16.2. The number of aromatic nitrogens is 2. The van der Waals surface area contributed by atoms with E-state index in [1.165, 1.54) is 18.5 Å². The van der Waals surface area contributed by atoms with Crippen molar-refractivity contribution in [3.05, 3.63) is 36.5 Å². The van der Waals surface area contributed by atoms with Gasteiger partial charge in [0.25, 0.3) is 0 Å². The van der Waals surface area contributed by atoms with Crippen molar-refractivity contribution in [2.75, 3.05) is 35.2 Å². The summed E-state index contributed by atoms with van der Waals surface area (Å²) >= 11 is 0. The first-order valence-electron chi connectivity index (χ1n) is 9.79. The molecule has 1 aromatic heterocycles. The third-order valence-electron chi connectivity index (χ3n) is 4.96. The Morgan fingerprint density at radius 2 is 1.85 bits per heavy atom. The molecule has 1 aliphatic heterocycles. The zero-order chi connectivity index (χ0) is 18.4. The number of nitrogens with zero attached hydrogens (tertiary/aromatic N) is 3. The summed E-state index contributed by atoms with van der Waals surface area (Å²) in [5.41, 5.74) is 2.31. The van der Waals surface area contributed by atoms with Crippen molar-refractivity contribution in [2.45, 2.75) is 40.0 Å². The average Bonchev–Trinajstić information content (AvgIpc) is 2.63. The van der Waals surface area contributed by atoms with Gasteiger partial charge in [-0.15, -0.1) is 0 Å². The standard InChI is InChI=1S/C21H31N5/c1-16(2)8-12-22-20-9-13-23-21(25-20)24-18-4-6-19(7-5-18)26-14-10-17(3)11-15-26/h4-7,9,13,16-17H,8,10-12,14-15H2,1-3H3,(H2,22,23,24,25). The van der Waals surface area contributed by atoms with Crippen LogP contribution >= 0.6 is 0 Å². The number of hydrogen-bond acceptors (Lipinski definition) is 5. The molecule has 0 radical (unpaired) electrons. The van der Waals surface area contributed by atoms with E-state index in [1.54, 1.807) is 6.20 Å². The summed E-state index contributed by atoms with van der Waals surface area (Å²) in [4.78, 5) is 11.3. The molecule has 5 nitrogen and oxygen atoms in total. The van der Waals surface area contributed by atoms with Crippen LogP contribution in [0, 0.1) is 11.8 Å². The number of rotatable bonds is 7. The van der Waals surface area contributed by atoms with Crippen LogP contribution in [-0.4, -0.2) is 29.6 Å². The molecule has 1 aliphatic rings. The molecule has 0 atom stereocenters. The molecule has 3 rings (SSSR count). The predicted molar refractivity (Wildman–Crippen MR) is 110 cm³/mol. The van der Waals surface area contributed by atoms with Crippen LogP contribution in [0.2, 0.25) is 0 Å². The molecule has 26 heavy (non-hydrogen) atoms. The molecule has 140 valence electrons. The SMILES string of the molecule is CC(C)CCNc1ccnc(Nc2ccc(N3CCC(C)CC3)cc2)n1. The van der Waals surface area contributed by atoms with Crippen molar-refractivity contribution in [3.63, 3.8) is 0 Å². The molecule has 2 heterocycles. The van der Waals surface area contributed by atoms with E-state index in [4.69, 9.17) is 0 Å². The summed E-state index contributed by atoms with van der Waals surface area (Å²) in [6, 6.07) is 10.5. The molecule has 0 unspecified atom stereocenters. The van der Waals surface area contributed by atoms with Crippen LogP contribution in [0.3, 0.4) is 0 Å². The van der Waals surface area contributed by atoms with Crippen molar-refractivity contribution in [1.82, 2.24) is 9.97 Å². The molecular weight excluding hydrogens is 322 g/mol. The predicted octanol–water partition coefficient (Wildman–Crippen LogP) is 4.91. The van der Waals surface area contributed by atoms with E-state index in [0.717, 1.165) is 43.5 Å². The van der Waals surface area contributed by atoms with Gasteiger partial charge in [-0.2, -0.15) is 4.98 Å². The van der Waals surface area contributed by atoms with Gasteiger partial charge < -0.3 is 15.5 Å². The number of piperidine rings is 1. The Hall–Kier alpha value is -2.30. The van der Waals surface area contributed by atoms with Crippen LogP contribution in [0.4, 0.5) is 23.1 Å². The maximum absolute atomic E-state index is 4.54. The normalized spacial score (nSPS) is 15.3. The highest BCUT2D eigenvalue weighted by atomic mass is 15.1. The number of anilines is 4. The fraction of sp³-hybridized carbons (Fsp3) is 0.524. The Balaban J connectivity index is 1.57. The van der Waals surface area contributed by atoms with Gasteiger partial charge in [0, 0.05) is 37.2 Å². The number of hydrogen-bond donors (Lipinski definition) is 2. The van der Waals surface area contributed by atoms with E-state index in [-0.39, 0.29) is 0 Å². The number of nitrogens with one attached hydrogen (secondary N) is 2. The fourth-order valence-electron chi connectivity index (χ4n) is 3.16. The van der Waals surface area contributed by atoms with E-state index < -0.39 is 0 Å². The Bertz CT molecular complexity index is 675. The zero-order valence-electron chi connectivity index (χ0n) is 16.2. The topological polar surface area (TPSA) is 53.1 Å². The highest BCUT2D eigenvalue weighted by molar-refractivity contribution is 5.60. The fourth-order valence-corrected chi connectivity index (χ4v) is 3.16. The van der Waals surface area contributed by atoms with Crippen molar-refractivity contribution in [3.8, 4) is 0 Å². The molecule has 5 heteroatoms. The van der Waals surface area contributed by atoms with Crippen LogP contribution in [-0.2, 0) is 0 Å². The van der Waals surface area contributed by atoms with Gasteiger partial charge in [0.1, 0.15) is 5.82 Å². The first-order chi connectivity index (χ1) is 12.6. The highest BCUT2D eigenvalue weighted by Crippen LogP contribution is 2.25. The summed E-state index contributed by atoms with van der Waals surface area (Å²) in [5.74, 6) is 3.02. The van der Waals surface area contributed by atoms with Gasteiger partial charge in [-0.25, -0.2) is 4.98 Å². The molecule has 1 aromatic carbocycles. The molecule has 0 spiro atoms. The molecule has 0 bridgehead atoms. The molecule has 0 saturated carbocycles. The molecule has 2 N–H and O–H groups in total. The monoisotopic (exact) mass is 353 g/mol. The second kappa shape index (κ2) is 8.88. The minimum absolute atomic E-state index is 0.624. The number of benzene rings is 1. The van der Waals surface area contributed by atoms with E-state index in [0.29, 0.717) is 11.9 Å². The molecule has 1 saturated heterocycles. The lowest BCUT2D eigenvalue weighted by atomic mass is 9.99. The minimum Gasteiger partial charge on any atom is -0.372 e. The first-order valence-corrected chi connectivity index (χ1v) is 9.79. The molecule has 2 aromatic rings. The van der Waals surface area contributed by atoms with Crippen LogP contribution in [0.5, 0.6) is 0 Å². The van der Waals surface area contributed by atoms with E-state index in [9.17, 15) is 0 Å². The van der Waals surface area contributed by atoms with E-state index >= 15 is 0 Å². The van der Waals surface area contributed by atoms with Crippen molar-refractivity contribution in [1.29, 1.82) is 0 Å². The summed E-state index contributed by atoms with van der Waals surface area (Å²) in [5, 5.41) is 6.66. The average molecular weight is 354 g/mol. The Labute approximate surface area is 157 Å². The van der Waals surface area contributed by atoms with Crippen LogP contribution in [0.1, 0.15) is 40.0 Å². The molecule has 1 fully saturated rings. The van der Waals surface area contributed by atoms with Crippen molar-refractivity contribution >= 4 is 23.1 Å². The third kappa shape index (κ3) is 5.35. The summed E-state index contributed by atoms with van der Waals surface area (Å²) in [6.45, 7) is 10.0. The van der Waals surface area contributed by atoms with Crippen LogP contribution in [0.25, 0.3) is 0 Å². The third-order valence-corrected chi connectivity index (χ3v) is 4.96. The Kier molecular flexibility index (Phi) is 6.31. The molecule has 0 aliphatic carbocycles. The quantitative estimate of drug-likeness (QED) is 0.740. The molecule has 0 amide bonds. The van der Waals surface area contributed by atoms with Gasteiger partial charge in [-0.05, 0) is 61.4 Å². The van der Waals surface area contributed by atoms with Gasteiger partial charge in [0.2, 0.25) is 5.95 Å². The largest absolute Gasteiger partial charge is 0.372 e. The Morgan fingerprint density at radius 3 is 2.54 bits per heavy atom. The summed E-state index contributed by atoms with van der Waals surface area (Å²) < 4.78 is 0. The highest BCUT2D eigenvalue weighted by Gasteiger charge is 2.15. The molecular formula is C21H31N5. The lowest BCUT2D eigenvalue weighted by Crippen LogP contribution is -2.32. The maximum Gasteiger partial charge on any atom is 0.229 e. The Morgan fingerprint density at radius 1 is 1.12 bits per heavy atom. The van der Waals surface area contributed by atoms with Crippen molar-refractivity contribution < 1.29 is 0 Å². The smallest absolute Gasteiger partial charge is 0.229 e. The van der Waals surface area contributed by atoms with Crippen LogP contribution < -0.4 is 15.5 Å². The lowest BCUT2D eigenvalue weighted by molar-refractivity contribution is 0.438. The maximum atomic E-state index is 4.54. The second-order valence-electron chi connectivity index (χ2n) is 7.72. The van der Waals surface area contributed by atoms with Gasteiger partial charge in [0.15, 0.2) is 0 Å². The summed E-state index contributed by atoms with van der Waals surface area (Å²) in [6.07, 6.45) is 5.48. The van der Waals surface area contributed by atoms with Gasteiger partial charge >= 0.3 is 0 Å². The first kappa shape index (κ1) is 18.5. The van der Waals surface area contributed by atoms with Gasteiger partial charge in [0.05, 0.1) is 0 Å².